The maximum atomic E-state index is 14.7. The van der Waals surface area contributed by atoms with Gasteiger partial charge < -0.3 is 24.2 Å². The summed E-state index contributed by atoms with van der Waals surface area (Å²) in [7, 11) is 1.49. The van der Waals surface area contributed by atoms with Gasteiger partial charge in [0, 0.05) is 41.9 Å². The van der Waals surface area contributed by atoms with E-state index in [1.807, 2.05) is 0 Å². The summed E-state index contributed by atoms with van der Waals surface area (Å²) in [4.78, 5) is 14.6. The van der Waals surface area contributed by atoms with Crippen molar-refractivity contribution in [3.63, 3.8) is 0 Å². The second-order valence-electron chi connectivity index (χ2n) is 8.94. The van der Waals surface area contributed by atoms with Gasteiger partial charge in [0.15, 0.2) is 17.6 Å². The summed E-state index contributed by atoms with van der Waals surface area (Å²) in [6.07, 6.45) is -0.375. The monoisotopic (exact) mass is 483 g/mol. The third-order valence-corrected chi connectivity index (χ3v) is 5.58. The van der Waals surface area contributed by atoms with Crippen molar-refractivity contribution in [1.82, 2.24) is 0 Å². The van der Waals surface area contributed by atoms with Crippen LogP contribution in [-0.4, -0.2) is 43.0 Å². The molecule has 8 heteroatoms. The van der Waals surface area contributed by atoms with E-state index in [1.54, 1.807) is 43.0 Å². The highest BCUT2D eigenvalue weighted by molar-refractivity contribution is 5.99. The van der Waals surface area contributed by atoms with Crippen molar-refractivity contribution >= 4 is 11.6 Å². The molecule has 0 bridgehead atoms. The largest absolute Gasteiger partial charge is 0.493 e. The number of hydrogen-bond acceptors (Lipinski definition) is 5. The Hall–Kier alpha value is -3.65. The highest BCUT2D eigenvalue weighted by atomic mass is 19.1. The number of anilines is 1. The summed E-state index contributed by atoms with van der Waals surface area (Å²) in [5.74, 6) is -0.362. The summed E-state index contributed by atoms with van der Waals surface area (Å²) < 4.78 is 45.6. The molecule has 1 fully saturated rings. The zero-order chi connectivity index (χ0) is 25.2. The molecule has 3 aromatic carbocycles. The fraction of sp³-hybridized carbons (Fsp3) is 0.296. The molecule has 1 aliphatic rings. The van der Waals surface area contributed by atoms with Gasteiger partial charge in [0.1, 0.15) is 24.0 Å². The lowest BCUT2D eigenvalue weighted by atomic mass is 10.0. The molecule has 184 valence electrons. The Morgan fingerprint density at radius 2 is 1.74 bits per heavy atom. The van der Waals surface area contributed by atoms with Crippen LogP contribution in [0.25, 0.3) is 11.1 Å². The van der Waals surface area contributed by atoms with Gasteiger partial charge >= 0.3 is 0 Å². The predicted octanol–water partition coefficient (Wildman–Crippen LogP) is 4.97. The van der Waals surface area contributed by atoms with Gasteiger partial charge in [0.05, 0.1) is 12.7 Å². The first-order valence-corrected chi connectivity index (χ1v) is 11.2. The SMILES string of the molecule is COc1cc(N2CCC(Oc3ccc(-c4ccccc4F)c(F)c3)C2=O)ccc1OCC(C)(C)O. The first-order valence-electron chi connectivity index (χ1n) is 11.2. The van der Waals surface area contributed by atoms with Crippen LogP contribution in [0.2, 0.25) is 0 Å². The lowest BCUT2D eigenvalue weighted by molar-refractivity contribution is -0.122. The van der Waals surface area contributed by atoms with Crippen molar-refractivity contribution in [2.45, 2.75) is 32.0 Å². The predicted molar refractivity (Wildman–Crippen MR) is 128 cm³/mol. The van der Waals surface area contributed by atoms with E-state index in [9.17, 15) is 18.7 Å². The molecule has 1 atom stereocenters. The number of ether oxygens (including phenoxy) is 3. The van der Waals surface area contributed by atoms with E-state index in [4.69, 9.17) is 14.2 Å². The first kappa shape index (κ1) is 24.5. The van der Waals surface area contributed by atoms with Crippen molar-refractivity contribution < 1.29 is 32.9 Å². The van der Waals surface area contributed by atoms with Gasteiger partial charge in [-0.2, -0.15) is 0 Å². The van der Waals surface area contributed by atoms with Gasteiger partial charge in [-0.05, 0) is 44.2 Å². The number of rotatable bonds is 8. The minimum atomic E-state index is -1.01. The van der Waals surface area contributed by atoms with Crippen molar-refractivity contribution in [3.8, 4) is 28.4 Å². The number of halogens is 2. The van der Waals surface area contributed by atoms with E-state index < -0.39 is 23.3 Å². The van der Waals surface area contributed by atoms with Crippen LogP contribution in [-0.2, 0) is 4.79 Å². The zero-order valence-electron chi connectivity index (χ0n) is 19.8. The summed E-state index contributed by atoms with van der Waals surface area (Å²) >= 11 is 0. The van der Waals surface area contributed by atoms with Crippen LogP contribution in [0, 0.1) is 11.6 Å². The molecule has 1 amide bonds. The Kier molecular flexibility index (Phi) is 6.93. The Morgan fingerprint density at radius 1 is 1.00 bits per heavy atom. The van der Waals surface area contributed by atoms with Gasteiger partial charge in [-0.15, -0.1) is 0 Å². The molecular formula is C27H27F2NO5. The lowest BCUT2D eigenvalue weighted by Gasteiger charge is -2.21. The minimum Gasteiger partial charge on any atom is -0.493 e. The molecule has 35 heavy (non-hydrogen) atoms. The summed E-state index contributed by atoms with van der Waals surface area (Å²) in [6.45, 7) is 3.76. The second kappa shape index (κ2) is 9.92. The number of amides is 1. The topological polar surface area (TPSA) is 68.2 Å². The molecule has 1 N–H and O–H groups in total. The van der Waals surface area contributed by atoms with E-state index in [2.05, 4.69) is 0 Å². The molecule has 0 aromatic heterocycles. The molecule has 0 radical (unpaired) electrons. The first-order chi connectivity index (χ1) is 16.7. The van der Waals surface area contributed by atoms with Crippen LogP contribution < -0.4 is 19.1 Å². The second-order valence-corrected chi connectivity index (χ2v) is 8.94. The normalized spacial score (nSPS) is 15.9. The van der Waals surface area contributed by atoms with Gasteiger partial charge in [0.25, 0.3) is 5.91 Å². The van der Waals surface area contributed by atoms with Crippen LogP contribution in [0.15, 0.2) is 60.7 Å². The maximum Gasteiger partial charge on any atom is 0.268 e. The molecule has 1 aliphatic heterocycles. The Balaban J connectivity index is 1.46. The van der Waals surface area contributed by atoms with E-state index >= 15 is 0 Å². The molecule has 0 saturated carbocycles. The average molecular weight is 484 g/mol. The number of methoxy groups -OCH3 is 1. The fourth-order valence-corrected chi connectivity index (χ4v) is 3.85. The molecule has 1 unspecified atom stereocenters. The number of hydrogen-bond donors (Lipinski definition) is 1. The highest BCUT2D eigenvalue weighted by Crippen LogP contribution is 2.35. The Morgan fingerprint density at radius 3 is 2.43 bits per heavy atom. The molecule has 6 nitrogen and oxygen atoms in total. The van der Waals surface area contributed by atoms with E-state index in [-0.39, 0.29) is 29.4 Å². The number of nitrogens with zero attached hydrogens (tertiary/aromatic N) is 1. The highest BCUT2D eigenvalue weighted by Gasteiger charge is 2.35. The van der Waals surface area contributed by atoms with Crippen LogP contribution in [0.4, 0.5) is 14.5 Å². The molecule has 1 saturated heterocycles. The molecular weight excluding hydrogens is 456 g/mol. The summed E-state index contributed by atoms with van der Waals surface area (Å²) in [5.41, 5.74) is -0.126. The molecule has 0 aliphatic carbocycles. The van der Waals surface area contributed by atoms with Crippen LogP contribution in [0.3, 0.4) is 0 Å². The Bertz CT molecular complexity index is 1220. The van der Waals surface area contributed by atoms with Gasteiger partial charge in [-0.25, -0.2) is 8.78 Å². The van der Waals surface area contributed by atoms with Gasteiger partial charge in [-0.1, -0.05) is 18.2 Å². The minimum absolute atomic E-state index is 0.0769. The lowest BCUT2D eigenvalue weighted by Crippen LogP contribution is -2.32. The Labute approximate surface area is 202 Å². The van der Waals surface area contributed by atoms with Gasteiger partial charge in [-0.3, -0.25) is 4.79 Å². The van der Waals surface area contributed by atoms with Crippen molar-refractivity contribution in [2.24, 2.45) is 0 Å². The number of carbonyl (C=O) groups excluding carboxylic acids is 1. The van der Waals surface area contributed by atoms with Crippen molar-refractivity contribution in [2.75, 3.05) is 25.2 Å². The third kappa shape index (κ3) is 5.54. The smallest absolute Gasteiger partial charge is 0.268 e. The summed E-state index contributed by atoms with van der Waals surface area (Å²) in [5, 5.41) is 9.88. The van der Waals surface area contributed by atoms with Crippen LogP contribution in [0.1, 0.15) is 20.3 Å². The standard InChI is InChI=1S/C27H27F2NO5/c1-27(2,32)16-34-23-11-8-17(14-25(23)33-3)30-13-12-24(26(30)31)35-18-9-10-20(22(29)15-18)19-6-4-5-7-21(19)28/h4-11,14-15,24,32H,12-13,16H2,1-3H3. The molecule has 4 rings (SSSR count). The quantitative estimate of drug-likeness (QED) is 0.490. The number of aliphatic hydroxyl groups is 1. The van der Waals surface area contributed by atoms with Gasteiger partial charge in [0.2, 0.25) is 0 Å². The average Bonchev–Trinajstić information content (AvgIpc) is 3.18. The van der Waals surface area contributed by atoms with Crippen LogP contribution >= 0.6 is 0 Å². The van der Waals surface area contributed by atoms with Crippen molar-refractivity contribution in [3.05, 3.63) is 72.3 Å². The number of carbonyl (C=O) groups is 1. The molecule has 3 aromatic rings. The van der Waals surface area contributed by atoms with E-state index in [1.165, 1.54) is 37.4 Å². The van der Waals surface area contributed by atoms with Crippen molar-refractivity contribution in [1.29, 1.82) is 0 Å². The summed E-state index contributed by atoms with van der Waals surface area (Å²) in [6, 6.07) is 15.2. The number of benzene rings is 3. The zero-order valence-corrected chi connectivity index (χ0v) is 19.8. The molecule has 1 heterocycles. The fourth-order valence-electron chi connectivity index (χ4n) is 3.85. The third-order valence-electron chi connectivity index (χ3n) is 5.58. The maximum absolute atomic E-state index is 14.7. The molecule has 0 spiro atoms. The van der Waals surface area contributed by atoms with E-state index in [0.717, 1.165) is 6.07 Å². The van der Waals surface area contributed by atoms with Crippen LogP contribution in [0.5, 0.6) is 17.2 Å². The van der Waals surface area contributed by atoms with E-state index in [0.29, 0.717) is 30.2 Å².